The number of aryl methyl sites for hydroxylation is 2. The third kappa shape index (κ3) is 3.96. The first-order chi connectivity index (χ1) is 11.9. The number of carbonyl (C=O) groups is 2. The van der Waals surface area contributed by atoms with Gasteiger partial charge in [0, 0.05) is 31.4 Å². The summed E-state index contributed by atoms with van der Waals surface area (Å²) in [5.74, 6) is 0.481. The molecule has 0 aliphatic carbocycles. The predicted molar refractivity (Wildman–Crippen MR) is 97.6 cm³/mol. The van der Waals surface area contributed by atoms with Gasteiger partial charge in [-0.2, -0.15) is 0 Å². The lowest BCUT2D eigenvalue weighted by atomic mass is 9.98. The summed E-state index contributed by atoms with van der Waals surface area (Å²) in [5.41, 5.74) is 4.93. The van der Waals surface area contributed by atoms with Gasteiger partial charge >= 0.3 is 6.03 Å². The van der Waals surface area contributed by atoms with Gasteiger partial charge in [-0.1, -0.05) is 12.1 Å². The molecule has 0 bridgehead atoms. The van der Waals surface area contributed by atoms with Crippen molar-refractivity contribution in [2.75, 3.05) is 17.2 Å². The number of hydrogen-bond donors (Lipinski definition) is 2. The second-order valence-corrected chi connectivity index (χ2v) is 6.40. The van der Waals surface area contributed by atoms with Crippen molar-refractivity contribution < 1.29 is 9.59 Å². The van der Waals surface area contributed by atoms with Gasteiger partial charge in [-0.05, 0) is 55.2 Å². The minimum Gasteiger partial charge on any atom is -0.326 e. The van der Waals surface area contributed by atoms with Crippen molar-refractivity contribution in [1.82, 2.24) is 9.88 Å². The first-order valence-electron chi connectivity index (χ1n) is 8.32. The first-order valence-corrected chi connectivity index (χ1v) is 8.32. The molecule has 0 spiro atoms. The Morgan fingerprint density at radius 1 is 1.16 bits per heavy atom. The Morgan fingerprint density at radius 3 is 2.68 bits per heavy atom. The Labute approximate surface area is 147 Å². The van der Waals surface area contributed by atoms with Gasteiger partial charge in [0.05, 0.1) is 0 Å². The number of pyridine rings is 1. The number of hydrogen-bond acceptors (Lipinski definition) is 3. The van der Waals surface area contributed by atoms with Crippen molar-refractivity contribution >= 4 is 23.4 Å². The summed E-state index contributed by atoms with van der Waals surface area (Å²) in [5, 5.41) is 5.74. The van der Waals surface area contributed by atoms with E-state index in [2.05, 4.69) is 15.6 Å². The number of amides is 3. The lowest BCUT2D eigenvalue weighted by Gasteiger charge is -2.30. The van der Waals surface area contributed by atoms with Gasteiger partial charge in [-0.25, -0.2) is 9.78 Å². The van der Waals surface area contributed by atoms with Gasteiger partial charge in [0.15, 0.2) is 0 Å². The Hall–Kier alpha value is -2.89. The van der Waals surface area contributed by atoms with E-state index in [0.717, 1.165) is 28.1 Å². The molecule has 0 saturated heterocycles. The van der Waals surface area contributed by atoms with Gasteiger partial charge in [0.25, 0.3) is 0 Å². The Kier molecular flexibility index (Phi) is 4.70. The number of benzene rings is 1. The standard InChI is InChI=1S/C19H22N4O2/c1-12-9-13(2)20-18(10-12)22-19(25)23-8-7-16-15(11-23)5-4-6-17(16)21-14(3)24/h4-6,9-10H,7-8,11H2,1-3H3,(H,21,24)(H,20,22,25). The molecule has 1 aromatic carbocycles. The molecule has 3 amide bonds. The Balaban J connectivity index is 1.74. The van der Waals surface area contributed by atoms with E-state index in [4.69, 9.17) is 0 Å². The summed E-state index contributed by atoms with van der Waals surface area (Å²) in [4.78, 5) is 30.0. The molecule has 0 fully saturated rings. The average Bonchev–Trinajstić information content (AvgIpc) is 2.53. The fourth-order valence-corrected chi connectivity index (χ4v) is 3.18. The van der Waals surface area contributed by atoms with E-state index in [1.165, 1.54) is 6.92 Å². The lowest BCUT2D eigenvalue weighted by molar-refractivity contribution is -0.114. The van der Waals surface area contributed by atoms with E-state index in [9.17, 15) is 9.59 Å². The first kappa shape index (κ1) is 17.0. The molecule has 3 rings (SSSR count). The maximum atomic E-state index is 12.6. The van der Waals surface area contributed by atoms with E-state index in [1.807, 2.05) is 44.2 Å². The maximum absolute atomic E-state index is 12.6. The van der Waals surface area contributed by atoms with Crippen LogP contribution in [-0.2, 0) is 17.8 Å². The molecule has 1 aromatic heterocycles. The predicted octanol–water partition coefficient (Wildman–Crippen LogP) is 3.25. The van der Waals surface area contributed by atoms with Gasteiger partial charge in [-0.15, -0.1) is 0 Å². The molecular weight excluding hydrogens is 316 g/mol. The Morgan fingerprint density at radius 2 is 1.96 bits per heavy atom. The number of nitrogens with one attached hydrogen (secondary N) is 2. The van der Waals surface area contributed by atoms with Crippen LogP contribution in [0.5, 0.6) is 0 Å². The second kappa shape index (κ2) is 6.93. The van der Waals surface area contributed by atoms with Crippen molar-refractivity contribution in [2.24, 2.45) is 0 Å². The summed E-state index contributed by atoms with van der Waals surface area (Å²) >= 11 is 0. The molecule has 0 atom stereocenters. The summed E-state index contributed by atoms with van der Waals surface area (Å²) in [7, 11) is 0. The molecule has 0 radical (unpaired) electrons. The lowest BCUT2D eigenvalue weighted by Crippen LogP contribution is -2.39. The summed E-state index contributed by atoms with van der Waals surface area (Å²) in [6.45, 7) is 6.49. The molecule has 1 aliphatic rings. The third-order valence-electron chi connectivity index (χ3n) is 4.20. The van der Waals surface area contributed by atoms with Crippen LogP contribution in [0.25, 0.3) is 0 Å². The molecule has 1 aliphatic heterocycles. The number of anilines is 2. The molecule has 25 heavy (non-hydrogen) atoms. The summed E-state index contributed by atoms with van der Waals surface area (Å²) in [6, 6.07) is 9.46. The van der Waals surface area contributed by atoms with Crippen LogP contribution in [-0.4, -0.2) is 28.4 Å². The molecule has 2 aromatic rings. The van der Waals surface area contributed by atoms with Crippen molar-refractivity contribution in [1.29, 1.82) is 0 Å². The number of fused-ring (bicyclic) bond motifs is 1. The second-order valence-electron chi connectivity index (χ2n) is 6.40. The monoisotopic (exact) mass is 338 g/mol. The summed E-state index contributed by atoms with van der Waals surface area (Å²) < 4.78 is 0. The number of aromatic nitrogens is 1. The maximum Gasteiger partial charge on any atom is 0.323 e. The number of carbonyl (C=O) groups excluding carboxylic acids is 2. The van der Waals surface area contributed by atoms with Crippen LogP contribution in [0.4, 0.5) is 16.3 Å². The van der Waals surface area contributed by atoms with Crippen molar-refractivity contribution in [3.05, 3.63) is 52.7 Å². The van der Waals surface area contributed by atoms with Crippen LogP contribution >= 0.6 is 0 Å². The number of rotatable bonds is 2. The Bertz CT molecular complexity index is 812. The zero-order valence-corrected chi connectivity index (χ0v) is 14.7. The largest absolute Gasteiger partial charge is 0.326 e. The van der Waals surface area contributed by atoms with Crippen LogP contribution < -0.4 is 10.6 Å². The van der Waals surface area contributed by atoms with Crippen LogP contribution in [0.3, 0.4) is 0 Å². The number of nitrogens with zero attached hydrogens (tertiary/aromatic N) is 2. The van der Waals surface area contributed by atoms with Gasteiger partial charge in [0.2, 0.25) is 5.91 Å². The molecule has 0 unspecified atom stereocenters. The highest BCUT2D eigenvalue weighted by Crippen LogP contribution is 2.26. The molecule has 130 valence electrons. The van der Waals surface area contributed by atoms with E-state index in [1.54, 1.807) is 4.90 Å². The minimum atomic E-state index is -0.159. The van der Waals surface area contributed by atoms with E-state index < -0.39 is 0 Å². The average molecular weight is 338 g/mol. The highest BCUT2D eigenvalue weighted by molar-refractivity contribution is 5.90. The van der Waals surface area contributed by atoms with Crippen LogP contribution in [0.2, 0.25) is 0 Å². The molecule has 2 N–H and O–H groups in total. The number of urea groups is 1. The highest BCUT2D eigenvalue weighted by atomic mass is 16.2. The van der Waals surface area contributed by atoms with E-state index in [-0.39, 0.29) is 11.9 Å². The van der Waals surface area contributed by atoms with Crippen LogP contribution in [0, 0.1) is 13.8 Å². The molecule has 0 saturated carbocycles. The fraction of sp³-hybridized carbons (Fsp3) is 0.316. The molecule has 2 heterocycles. The zero-order chi connectivity index (χ0) is 18.0. The molecule has 6 heteroatoms. The van der Waals surface area contributed by atoms with Crippen molar-refractivity contribution in [2.45, 2.75) is 33.7 Å². The van der Waals surface area contributed by atoms with E-state index >= 15 is 0 Å². The highest BCUT2D eigenvalue weighted by Gasteiger charge is 2.23. The molecular formula is C19H22N4O2. The summed E-state index contributed by atoms with van der Waals surface area (Å²) in [6.07, 6.45) is 0.708. The smallest absolute Gasteiger partial charge is 0.323 e. The van der Waals surface area contributed by atoms with E-state index in [0.29, 0.717) is 25.3 Å². The third-order valence-corrected chi connectivity index (χ3v) is 4.20. The quantitative estimate of drug-likeness (QED) is 0.883. The SMILES string of the molecule is CC(=O)Nc1cccc2c1CCN(C(=O)Nc1cc(C)cc(C)n1)C2. The fourth-order valence-electron chi connectivity index (χ4n) is 3.18. The van der Waals surface area contributed by atoms with Gasteiger partial charge in [-0.3, -0.25) is 10.1 Å². The van der Waals surface area contributed by atoms with Gasteiger partial charge in [0.1, 0.15) is 5.82 Å². The molecule has 6 nitrogen and oxygen atoms in total. The minimum absolute atomic E-state index is 0.0885. The van der Waals surface area contributed by atoms with Crippen molar-refractivity contribution in [3.8, 4) is 0 Å². The topological polar surface area (TPSA) is 74.3 Å². The van der Waals surface area contributed by atoms with Crippen molar-refractivity contribution in [3.63, 3.8) is 0 Å². The van der Waals surface area contributed by atoms with Crippen LogP contribution in [0.1, 0.15) is 29.3 Å². The zero-order valence-electron chi connectivity index (χ0n) is 14.7. The van der Waals surface area contributed by atoms with Gasteiger partial charge < -0.3 is 10.2 Å². The van der Waals surface area contributed by atoms with Crippen LogP contribution in [0.15, 0.2) is 30.3 Å². The normalized spacial score (nSPS) is 13.2.